The molecular weight excluding hydrogens is 416 g/mol. The second-order valence-corrected chi connectivity index (χ2v) is 9.71. The van der Waals surface area contributed by atoms with Crippen molar-refractivity contribution >= 4 is 17.0 Å². The maximum absolute atomic E-state index is 6.17. The minimum absolute atomic E-state index is 0.0400. The summed E-state index contributed by atoms with van der Waals surface area (Å²) < 4.78 is 12.0. The normalized spacial score (nSPS) is 24.5. The zero-order valence-corrected chi connectivity index (χ0v) is 19.6. The highest BCUT2D eigenvalue weighted by Crippen LogP contribution is 2.40. The van der Waals surface area contributed by atoms with Gasteiger partial charge in [0.05, 0.1) is 17.5 Å². The van der Waals surface area contributed by atoms with E-state index in [4.69, 9.17) is 20.3 Å². The molecule has 0 aromatic heterocycles. The van der Waals surface area contributed by atoms with Crippen molar-refractivity contribution in [2.75, 3.05) is 51.4 Å². The quantitative estimate of drug-likeness (QED) is 0.413. The molecule has 1 aromatic carbocycles. The molecule has 0 bridgehead atoms. The number of rotatable bonds is 8. The number of hydrogen-bond donors (Lipinski definition) is 3. The number of allylic oxidation sites excluding steroid dienone is 2. The smallest absolute Gasteiger partial charge is 0.120 e. The first-order valence-corrected chi connectivity index (χ1v) is 12.1. The third-order valence-corrected chi connectivity index (χ3v) is 7.08. The van der Waals surface area contributed by atoms with Crippen LogP contribution in [0.5, 0.6) is 5.75 Å². The molecule has 3 fully saturated rings. The Bertz CT molecular complexity index is 940. The number of ether oxygens (including phenoxy) is 2. The van der Waals surface area contributed by atoms with E-state index in [0.717, 1.165) is 86.3 Å². The molecule has 3 heterocycles. The molecule has 2 saturated heterocycles. The van der Waals surface area contributed by atoms with E-state index < -0.39 is 0 Å². The molecule has 0 radical (unpaired) electrons. The Morgan fingerprint density at radius 3 is 2.85 bits per heavy atom. The number of hydrazine groups is 1. The summed E-state index contributed by atoms with van der Waals surface area (Å²) in [6, 6.07) is 5.92. The second-order valence-electron chi connectivity index (χ2n) is 9.71. The van der Waals surface area contributed by atoms with Crippen molar-refractivity contribution in [1.29, 1.82) is 0 Å². The van der Waals surface area contributed by atoms with E-state index in [1.54, 1.807) is 0 Å². The van der Waals surface area contributed by atoms with Crippen LogP contribution in [-0.4, -0.2) is 73.2 Å². The first kappa shape index (κ1) is 22.3. The molecule has 0 amide bonds. The van der Waals surface area contributed by atoms with Gasteiger partial charge in [0, 0.05) is 56.5 Å². The van der Waals surface area contributed by atoms with Crippen LogP contribution in [0.2, 0.25) is 0 Å². The van der Waals surface area contributed by atoms with Crippen molar-refractivity contribution in [3.63, 3.8) is 0 Å². The highest BCUT2D eigenvalue weighted by molar-refractivity contribution is 6.30. The summed E-state index contributed by atoms with van der Waals surface area (Å²) in [5, 5.41) is 3.44. The number of piperazine rings is 1. The zero-order chi connectivity index (χ0) is 22.8. The molecule has 1 aliphatic carbocycles. The summed E-state index contributed by atoms with van der Waals surface area (Å²) in [6.45, 7) is 13.1. The fourth-order valence-electron chi connectivity index (χ4n) is 4.73. The van der Waals surface area contributed by atoms with Crippen molar-refractivity contribution in [2.24, 2.45) is 10.8 Å². The summed E-state index contributed by atoms with van der Waals surface area (Å²) in [5.41, 5.74) is 6.19. The third-order valence-electron chi connectivity index (χ3n) is 7.08. The molecular formula is C25H36N6O2. The van der Waals surface area contributed by atoms with E-state index >= 15 is 0 Å². The Balaban J connectivity index is 1.25. The lowest BCUT2D eigenvalue weighted by molar-refractivity contribution is 0.0551. The Kier molecular flexibility index (Phi) is 6.32. The van der Waals surface area contributed by atoms with E-state index in [1.807, 2.05) is 18.2 Å². The molecule has 4 aliphatic rings. The van der Waals surface area contributed by atoms with Crippen LogP contribution in [0.25, 0.3) is 5.57 Å². The van der Waals surface area contributed by atoms with Crippen LogP contribution in [0.1, 0.15) is 38.2 Å². The van der Waals surface area contributed by atoms with Crippen LogP contribution < -0.4 is 21.3 Å². The minimum Gasteiger partial charge on any atom is -0.488 e. The number of aliphatic imine (C=N–C) groups is 1. The van der Waals surface area contributed by atoms with Gasteiger partial charge in [0.25, 0.3) is 0 Å². The average molecular weight is 453 g/mol. The van der Waals surface area contributed by atoms with Gasteiger partial charge >= 0.3 is 0 Å². The zero-order valence-electron chi connectivity index (χ0n) is 19.6. The van der Waals surface area contributed by atoms with Crippen LogP contribution in [0, 0.1) is 0 Å². The average Bonchev–Trinajstić information content (AvgIpc) is 3.34. The molecule has 33 heavy (non-hydrogen) atoms. The van der Waals surface area contributed by atoms with E-state index in [9.17, 15) is 0 Å². The van der Waals surface area contributed by atoms with E-state index in [0.29, 0.717) is 12.8 Å². The van der Waals surface area contributed by atoms with E-state index in [-0.39, 0.29) is 5.60 Å². The summed E-state index contributed by atoms with van der Waals surface area (Å²) >= 11 is 0. The Hall–Kier alpha value is -2.55. The summed E-state index contributed by atoms with van der Waals surface area (Å²) in [7, 11) is 0. The molecule has 1 atom stereocenters. The van der Waals surface area contributed by atoms with Crippen molar-refractivity contribution in [3.8, 4) is 5.75 Å². The molecule has 1 aromatic rings. The maximum Gasteiger partial charge on any atom is 0.120 e. The monoisotopic (exact) mass is 452 g/mol. The number of anilines is 1. The van der Waals surface area contributed by atoms with E-state index in [1.165, 1.54) is 12.8 Å². The lowest BCUT2D eigenvalue weighted by Crippen LogP contribution is -2.50. The van der Waals surface area contributed by atoms with Crippen LogP contribution in [0.15, 0.2) is 41.7 Å². The van der Waals surface area contributed by atoms with Crippen molar-refractivity contribution < 1.29 is 9.47 Å². The number of nitrogens with one attached hydrogen (secondary N) is 2. The van der Waals surface area contributed by atoms with Crippen LogP contribution in [-0.2, 0) is 4.74 Å². The lowest BCUT2D eigenvalue weighted by atomic mass is 9.99. The van der Waals surface area contributed by atoms with Gasteiger partial charge in [0.1, 0.15) is 23.8 Å². The van der Waals surface area contributed by atoms with Gasteiger partial charge in [-0.15, -0.1) is 0 Å². The summed E-state index contributed by atoms with van der Waals surface area (Å²) in [6.07, 6.45) is 7.09. The third kappa shape index (κ3) is 5.18. The Morgan fingerprint density at radius 2 is 2.15 bits per heavy atom. The highest BCUT2D eigenvalue weighted by Gasteiger charge is 2.40. The molecule has 5 rings (SSSR count). The summed E-state index contributed by atoms with van der Waals surface area (Å²) in [4.78, 5) is 9.62. The van der Waals surface area contributed by atoms with Crippen LogP contribution in [0.3, 0.4) is 0 Å². The second kappa shape index (κ2) is 9.37. The van der Waals surface area contributed by atoms with Crippen molar-refractivity contribution in [2.45, 2.75) is 44.3 Å². The fraction of sp³-hybridized carbons (Fsp3) is 0.560. The van der Waals surface area contributed by atoms with Crippen LogP contribution >= 0.6 is 0 Å². The van der Waals surface area contributed by atoms with Crippen LogP contribution in [0.4, 0.5) is 5.69 Å². The van der Waals surface area contributed by atoms with Gasteiger partial charge in [-0.05, 0) is 50.8 Å². The van der Waals surface area contributed by atoms with Gasteiger partial charge in [-0.1, -0.05) is 6.58 Å². The highest BCUT2D eigenvalue weighted by atomic mass is 16.5. The number of nitrogen functional groups attached to an aromatic ring is 1. The molecule has 0 spiro atoms. The number of benzene rings is 1. The molecule has 8 nitrogen and oxygen atoms in total. The standard InChI is InChI=1S/C25H36N6O2/c1-18(21-14-19(5-6-22(21)29-26)33-25(2)7-8-25)23-15-24(28-17-27-23)31-11-9-30(10-12-31)16-20-4-3-13-32-20/h5-6,14-15,20,28-29H,1,3-4,7-13,16-17,26H2,2H3. The first-order valence-electron chi connectivity index (χ1n) is 12.1. The minimum atomic E-state index is -0.0400. The predicted octanol–water partition coefficient (Wildman–Crippen LogP) is 2.56. The van der Waals surface area contributed by atoms with Gasteiger partial charge in [-0.25, -0.2) is 0 Å². The maximum atomic E-state index is 6.17. The number of nitrogens with zero attached hydrogens (tertiary/aromatic N) is 3. The summed E-state index contributed by atoms with van der Waals surface area (Å²) in [5.74, 6) is 7.75. The van der Waals surface area contributed by atoms with Gasteiger partial charge in [-0.3, -0.25) is 15.7 Å². The number of nitrogens with two attached hydrogens (primary N) is 1. The predicted molar refractivity (Wildman–Crippen MR) is 132 cm³/mol. The molecule has 8 heteroatoms. The topological polar surface area (TPSA) is 87.4 Å². The number of hydrogen-bond acceptors (Lipinski definition) is 8. The molecule has 1 unspecified atom stereocenters. The Labute approximate surface area is 196 Å². The first-order chi connectivity index (χ1) is 16.0. The van der Waals surface area contributed by atoms with Gasteiger partial charge in [-0.2, -0.15) is 0 Å². The molecule has 4 N–H and O–H groups in total. The lowest BCUT2D eigenvalue weighted by Gasteiger charge is -2.38. The van der Waals surface area contributed by atoms with E-state index in [2.05, 4.69) is 40.1 Å². The SMILES string of the molecule is C=C(C1=NCNC(N2CCN(CC3CCCO3)CC2)=C1)c1cc(OC2(C)CC2)ccc1NN. The molecule has 178 valence electrons. The Morgan fingerprint density at radius 1 is 1.33 bits per heavy atom. The van der Waals surface area contributed by atoms with Crippen molar-refractivity contribution in [1.82, 2.24) is 15.1 Å². The van der Waals surface area contributed by atoms with Crippen molar-refractivity contribution in [3.05, 3.63) is 42.2 Å². The molecule has 3 aliphatic heterocycles. The molecule has 1 saturated carbocycles. The largest absolute Gasteiger partial charge is 0.488 e. The van der Waals surface area contributed by atoms with Gasteiger partial charge in [0.2, 0.25) is 0 Å². The van der Waals surface area contributed by atoms with Gasteiger partial charge < -0.3 is 25.1 Å². The fourth-order valence-corrected chi connectivity index (χ4v) is 4.73. The van der Waals surface area contributed by atoms with Gasteiger partial charge in [0.15, 0.2) is 0 Å².